The second-order valence-electron chi connectivity index (χ2n) is 6.39. The van der Waals surface area contributed by atoms with Gasteiger partial charge in [-0.05, 0) is 38.6 Å². The number of nitrogens with one attached hydrogen (secondary N) is 1. The highest BCUT2D eigenvalue weighted by molar-refractivity contribution is 7.91. The smallest absolute Gasteiger partial charge is 0.252 e. The van der Waals surface area contributed by atoms with Crippen molar-refractivity contribution in [3.8, 4) is 0 Å². The van der Waals surface area contributed by atoms with Gasteiger partial charge in [0.25, 0.3) is 10.0 Å². The molecule has 1 saturated heterocycles. The summed E-state index contributed by atoms with van der Waals surface area (Å²) in [6.45, 7) is 7.99. The number of anilines is 1. The standard InChI is InChI=1S/C17H24N4O2S2/c1-13-17(24-14(2)19-13)25(22,23)18-12-15-4-6-16(7-5-15)21-10-8-20(3)9-11-21/h4-7,18H,8-12H2,1-3H3. The van der Waals surface area contributed by atoms with Crippen molar-refractivity contribution in [1.29, 1.82) is 0 Å². The lowest BCUT2D eigenvalue weighted by atomic mass is 10.2. The molecule has 0 unspecified atom stereocenters. The van der Waals surface area contributed by atoms with E-state index in [1.54, 1.807) is 6.92 Å². The van der Waals surface area contributed by atoms with Gasteiger partial charge in [0.2, 0.25) is 0 Å². The van der Waals surface area contributed by atoms with E-state index in [1.807, 2.05) is 19.1 Å². The summed E-state index contributed by atoms with van der Waals surface area (Å²) >= 11 is 1.21. The SMILES string of the molecule is Cc1nc(C)c(S(=O)(=O)NCc2ccc(N3CCN(C)CC3)cc2)s1. The Bertz CT molecular complexity index is 823. The van der Waals surface area contributed by atoms with Crippen molar-refractivity contribution in [2.75, 3.05) is 38.1 Å². The van der Waals surface area contributed by atoms with Crippen LogP contribution in [0.5, 0.6) is 0 Å². The molecular weight excluding hydrogens is 356 g/mol. The predicted octanol–water partition coefficient (Wildman–Crippen LogP) is 1.99. The Morgan fingerprint density at radius 2 is 1.76 bits per heavy atom. The quantitative estimate of drug-likeness (QED) is 0.859. The molecule has 2 heterocycles. The van der Waals surface area contributed by atoms with Crippen LogP contribution in [0.3, 0.4) is 0 Å². The van der Waals surface area contributed by atoms with Crippen molar-refractivity contribution in [1.82, 2.24) is 14.6 Å². The second kappa shape index (κ2) is 7.41. The second-order valence-corrected chi connectivity index (χ2v) is 9.55. The Morgan fingerprint density at radius 1 is 1.12 bits per heavy atom. The number of aryl methyl sites for hydroxylation is 2. The Labute approximate surface area is 153 Å². The molecule has 0 atom stereocenters. The summed E-state index contributed by atoms with van der Waals surface area (Å²) in [5, 5.41) is 0.759. The van der Waals surface area contributed by atoms with Gasteiger partial charge in [-0.3, -0.25) is 0 Å². The van der Waals surface area contributed by atoms with Crippen molar-refractivity contribution in [2.24, 2.45) is 0 Å². The summed E-state index contributed by atoms with van der Waals surface area (Å²) in [6.07, 6.45) is 0. The molecule has 136 valence electrons. The van der Waals surface area contributed by atoms with Gasteiger partial charge in [0.15, 0.2) is 4.21 Å². The highest BCUT2D eigenvalue weighted by Crippen LogP contribution is 2.23. The van der Waals surface area contributed by atoms with Crippen LogP contribution in [0.1, 0.15) is 16.3 Å². The summed E-state index contributed by atoms with van der Waals surface area (Å²) < 4.78 is 27.8. The average molecular weight is 381 g/mol. The summed E-state index contributed by atoms with van der Waals surface area (Å²) in [6, 6.07) is 8.11. The molecule has 1 aromatic carbocycles. The van der Waals surface area contributed by atoms with Crippen LogP contribution in [0, 0.1) is 13.8 Å². The molecule has 6 nitrogen and oxygen atoms in total. The number of thiazole rings is 1. The molecule has 0 bridgehead atoms. The van der Waals surface area contributed by atoms with E-state index in [4.69, 9.17) is 0 Å². The number of likely N-dealkylation sites (N-methyl/N-ethyl adjacent to an activating group) is 1. The van der Waals surface area contributed by atoms with Gasteiger partial charge in [0.1, 0.15) is 0 Å². The first-order chi connectivity index (χ1) is 11.8. The number of hydrogen-bond acceptors (Lipinski definition) is 6. The fourth-order valence-corrected chi connectivity index (χ4v) is 5.44. The molecule has 0 saturated carbocycles. The third-order valence-electron chi connectivity index (χ3n) is 4.38. The zero-order chi connectivity index (χ0) is 18.0. The zero-order valence-electron chi connectivity index (χ0n) is 14.8. The van der Waals surface area contributed by atoms with Gasteiger partial charge < -0.3 is 9.80 Å². The molecule has 8 heteroatoms. The van der Waals surface area contributed by atoms with Crippen LogP contribution in [0.2, 0.25) is 0 Å². The molecule has 0 amide bonds. The van der Waals surface area contributed by atoms with Crippen LogP contribution in [-0.2, 0) is 16.6 Å². The maximum absolute atomic E-state index is 12.4. The van der Waals surface area contributed by atoms with Crippen molar-refractivity contribution in [3.05, 3.63) is 40.5 Å². The maximum atomic E-state index is 12.4. The predicted molar refractivity (Wildman–Crippen MR) is 102 cm³/mol. The Hall–Kier alpha value is -1.48. The largest absolute Gasteiger partial charge is 0.369 e. The van der Waals surface area contributed by atoms with Gasteiger partial charge in [-0.2, -0.15) is 0 Å². The Balaban J connectivity index is 1.63. The summed E-state index contributed by atoms with van der Waals surface area (Å²) in [5.41, 5.74) is 2.69. The van der Waals surface area contributed by atoms with E-state index in [2.05, 4.69) is 38.7 Å². The van der Waals surface area contributed by atoms with Crippen molar-refractivity contribution in [3.63, 3.8) is 0 Å². The number of hydrogen-bond donors (Lipinski definition) is 1. The minimum absolute atomic E-state index is 0.280. The Morgan fingerprint density at radius 3 is 2.32 bits per heavy atom. The first-order valence-electron chi connectivity index (χ1n) is 8.31. The number of piperazine rings is 1. The Kier molecular flexibility index (Phi) is 5.43. The topological polar surface area (TPSA) is 65.5 Å². The van der Waals surface area contributed by atoms with E-state index in [0.717, 1.165) is 36.8 Å². The fraction of sp³-hybridized carbons (Fsp3) is 0.471. The van der Waals surface area contributed by atoms with Crippen molar-refractivity contribution in [2.45, 2.75) is 24.6 Å². The van der Waals surface area contributed by atoms with Gasteiger partial charge in [0.05, 0.1) is 10.7 Å². The lowest BCUT2D eigenvalue weighted by Gasteiger charge is -2.34. The van der Waals surface area contributed by atoms with Crippen molar-refractivity contribution < 1.29 is 8.42 Å². The molecule has 1 aromatic heterocycles. The van der Waals surface area contributed by atoms with Crippen LogP contribution in [-0.4, -0.2) is 51.5 Å². The summed E-state index contributed by atoms with van der Waals surface area (Å²) in [5.74, 6) is 0. The molecule has 0 aliphatic carbocycles. The van der Waals surface area contributed by atoms with Crippen LogP contribution in [0.15, 0.2) is 28.5 Å². The zero-order valence-corrected chi connectivity index (χ0v) is 16.5. The van der Waals surface area contributed by atoms with E-state index >= 15 is 0 Å². The summed E-state index contributed by atoms with van der Waals surface area (Å²) in [4.78, 5) is 8.87. The highest BCUT2D eigenvalue weighted by atomic mass is 32.2. The van der Waals surface area contributed by atoms with Gasteiger partial charge in [-0.25, -0.2) is 18.1 Å². The number of benzene rings is 1. The molecular formula is C17H24N4O2S2. The number of nitrogens with zero attached hydrogens (tertiary/aromatic N) is 3. The van der Waals surface area contributed by atoms with Crippen LogP contribution >= 0.6 is 11.3 Å². The number of sulfonamides is 1. The molecule has 25 heavy (non-hydrogen) atoms. The van der Waals surface area contributed by atoms with Gasteiger partial charge >= 0.3 is 0 Å². The molecule has 1 aliphatic rings. The third kappa shape index (κ3) is 4.38. The minimum atomic E-state index is -3.51. The van der Waals surface area contributed by atoms with Crippen molar-refractivity contribution >= 4 is 27.0 Å². The number of rotatable bonds is 5. The van der Waals surface area contributed by atoms with E-state index in [9.17, 15) is 8.42 Å². The normalized spacial score (nSPS) is 16.4. The third-order valence-corrected chi connectivity index (χ3v) is 7.46. The average Bonchev–Trinajstić information content (AvgIpc) is 2.94. The molecule has 3 rings (SSSR count). The molecule has 1 fully saturated rings. The van der Waals surface area contributed by atoms with E-state index < -0.39 is 10.0 Å². The number of aromatic nitrogens is 1. The molecule has 2 aromatic rings. The van der Waals surface area contributed by atoms with Gasteiger partial charge in [-0.15, -0.1) is 11.3 Å². The lowest BCUT2D eigenvalue weighted by molar-refractivity contribution is 0.313. The molecule has 1 N–H and O–H groups in total. The maximum Gasteiger partial charge on any atom is 0.252 e. The minimum Gasteiger partial charge on any atom is -0.369 e. The van der Waals surface area contributed by atoms with Crippen LogP contribution < -0.4 is 9.62 Å². The lowest BCUT2D eigenvalue weighted by Crippen LogP contribution is -2.44. The highest BCUT2D eigenvalue weighted by Gasteiger charge is 2.20. The van der Waals surface area contributed by atoms with Gasteiger partial charge in [0, 0.05) is 38.4 Å². The van der Waals surface area contributed by atoms with E-state index in [1.165, 1.54) is 17.0 Å². The first-order valence-corrected chi connectivity index (χ1v) is 10.6. The van der Waals surface area contributed by atoms with Crippen LogP contribution in [0.4, 0.5) is 5.69 Å². The van der Waals surface area contributed by atoms with E-state index in [0.29, 0.717) is 9.90 Å². The molecule has 0 radical (unpaired) electrons. The summed E-state index contributed by atoms with van der Waals surface area (Å²) in [7, 11) is -1.38. The van der Waals surface area contributed by atoms with E-state index in [-0.39, 0.29) is 6.54 Å². The van der Waals surface area contributed by atoms with Crippen LogP contribution in [0.25, 0.3) is 0 Å². The van der Waals surface area contributed by atoms with Gasteiger partial charge in [-0.1, -0.05) is 12.1 Å². The first kappa shape index (κ1) is 18.3. The molecule has 1 aliphatic heterocycles. The fourth-order valence-electron chi connectivity index (χ4n) is 2.90. The monoisotopic (exact) mass is 380 g/mol. The molecule has 0 spiro atoms.